The molecule has 1 aliphatic rings. The van der Waals surface area contributed by atoms with Gasteiger partial charge in [0.05, 0.1) is 12.6 Å². The average Bonchev–Trinajstić information content (AvgIpc) is 2.99. The first-order valence-electron chi connectivity index (χ1n) is 10.5. The standard InChI is InChI=1S/C24H32N2O2/c1-3-28-22-10-8-9-21(17-22)24(27)25-18-23(20-13-11-19(2)12-14-20)26-15-6-4-5-7-16-26/h8-14,17,23H,3-7,15-16,18H2,1-2H3,(H,25,27). The molecule has 1 heterocycles. The van der Waals surface area contributed by atoms with E-state index in [2.05, 4.69) is 41.4 Å². The van der Waals surface area contributed by atoms with Gasteiger partial charge >= 0.3 is 0 Å². The highest BCUT2D eigenvalue weighted by atomic mass is 16.5. The summed E-state index contributed by atoms with van der Waals surface area (Å²) in [6.07, 6.45) is 5.06. The summed E-state index contributed by atoms with van der Waals surface area (Å²) in [4.78, 5) is 15.3. The lowest BCUT2D eigenvalue weighted by atomic mass is 10.0. The van der Waals surface area contributed by atoms with Crippen LogP contribution < -0.4 is 10.1 Å². The van der Waals surface area contributed by atoms with Crippen LogP contribution in [-0.4, -0.2) is 37.0 Å². The van der Waals surface area contributed by atoms with E-state index in [1.54, 1.807) is 0 Å². The molecule has 0 aliphatic carbocycles. The van der Waals surface area contributed by atoms with Crippen molar-refractivity contribution in [3.63, 3.8) is 0 Å². The Bertz CT molecular complexity index is 749. The molecule has 1 N–H and O–H groups in total. The number of aryl methyl sites for hydroxylation is 1. The second-order valence-electron chi connectivity index (χ2n) is 7.55. The lowest BCUT2D eigenvalue weighted by Gasteiger charge is -2.31. The van der Waals surface area contributed by atoms with Crippen LogP contribution in [0.5, 0.6) is 5.75 Å². The van der Waals surface area contributed by atoms with E-state index in [1.165, 1.54) is 36.8 Å². The van der Waals surface area contributed by atoms with Gasteiger partial charge in [-0.3, -0.25) is 9.69 Å². The van der Waals surface area contributed by atoms with Gasteiger partial charge in [-0.05, 0) is 63.5 Å². The molecule has 150 valence electrons. The SMILES string of the molecule is CCOc1cccc(C(=O)NCC(c2ccc(C)cc2)N2CCCCCC2)c1. The zero-order valence-corrected chi connectivity index (χ0v) is 17.1. The minimum Gasteiger partial charge on any atom is -0.494 e. The molecule has 0 spiro atoms. The molecular formula is C24H32N2O2. The molecule has 1 amide bonds. The molecule has 28 heavy (non-hydrogen) atoms. The minimum atomic E-state index is -0.0477. The summed E-state index contributed by atoms with van der Waals surface area (Å²) in [6.45, 7) is 7.44. The molecule has 3 rings (SSSR count). The topological polar surface area (TPSA) is 41.6 Å². The molecule has 0 bridgehead atoms. The summed E-state index contributed by atoms with van der Waals surface area (Å²) in [7, 11) is 0. The highest BCUT2D eigenvalue weighted by molar-refractivity contribution is 5.94. The molecule has 1 atom stereocenters. The number of benzene rings is 2. The number of hydrogen-bond acceptors (Lipinski definition) is 3. The first kappa shape index (κ1) is 20.4. The summed E-state index contributed by atoms with van der Waals surface area (Å²) in [6, 6.07) is 16.3. The van der Waals surface area contributed by atoms with Gasteiger partial charge in [0.15, 0.2) is 0 Å². The van der Waals surface area contributed by atoms with Gasteiger partial charge < -0.3 is 10.1 Å². The zero-order valence-electron chi connectivity index (χ0n) is 17.1. The van der Waals surface area contributed by atoms with E-state index in [1.807, 2.05) is 31.2 Å². The maximum absolute atomic E-state index is 12.8. The second-order valence-corrected chi connectivity index (χ2v) is 7.55. The van der Waals surface area contributed by atoms with E-state index in [0.29, 0.717) is 18.7 Å². The van der Waals surface area contributed by atoms with Crippen LogP contribution in [0.4, 0.5) is 0 Å². The van der Waals surface area contributed by atoms with E-state index in [-0.39, 0.29) is 11.9 Å². The van der Waals surface area contributed by atoms with Crippen LogP contribution in [0.3, 0.4) is 0 Å². The van der Waals surface area contributed by atoms with E-state index in [9.17, 15) is 4.79 Å². The van der Waals surface area contributed by atoms with Gasteiger partial charge in [0, 0.05) is 12.1 Å². The van der Waals surface area contributed by atoms with Crippen LogP contribution in [0.15, 0.2) is 48.5 Å². The Balaban J connectivity index is 1.72. The van der Waals surface area contributed by atoms with Crippen LogP contribution >= 0.6 is 0 Å². The Morgan fingerprint density at radius 2 is 1.79 bits per heavy atom. The molecule has 1 aliphatic heterocycles. The van der Waals surface area contributed by atoms with E-state index >= 15 is 0 Å². The predicted molar refractivity (Wildman–Crippen MR) is 114 cm³/mol. The van der Waals surface area contributed by atoms with Gasteiger partial charge in [-0.15, -0.1) is 0 Å². The molecule has 1 fully saturated rings. The van der Waals surface area contributed by atoms with Gasteiger partial charge in [0.1, 0.15) is 5.75 Å². The first-order chi connectivity index (χ1) is 13.7. The summed E-state index contributed by atoms with van der Waals surface area (Å²) in [5.74, 6) is 0.686. The Labute approximate surface area is 168 Å². The third-order valence-electron chi connectivity index (χ3n) is 5.41. The Morgan fingerprint density at radius 1 is 1.07 bits per heavy atom. The van der Waals surface area contributed by atoms with Crippen LogP contribution in [0.2, 0.25) is 0 Å². The Morgan fingerprint density at radius 3 is 2.46 bits per heavy atom. The minimum absolute atomic E-state index is 0.0477. The fraction of sp³-hybridized carbons (Fsp3) is 0.458. The van der Waals surface area contributed by atoms with Crippen molar-refractivity contribution in [2.75, 3.05) is 26.2 Å². The van der Waals surface area contributed by atoms with Crippen molar-refractivity contribution in [1.82, 2.24) is 10.2 Å². The number of likely N-dealkylation sites (tertiary alicyclic amines) is 1. The van der Waals surface area contributed by atoms with Crippen molar-refractivity contribution in [1.29, 1.82) is 0 Å². The summed E-state index contributed by atoms with van der Waals surface area (Å²) in [5, 5.41) is 3.16. The van der Waals surface area contributed by atoms with Gasteiger partial charge in [-0.2, -0.15) is 0 Å². The molecule has 4 heteroatoms. The fourth-order valence-corrected chi connectivity index (χ4v) is 3.84. The lowest BCUT2D eigenvalue weighted by molar-refractivity contribution is 0.0932. The molecule has 0 saturated carbocycles. The van der Waals surface area contributed by atoms with E-state index in [4.69, 9.17) is 4.74 Å². The van der Waals surface area contributed by atoms with E-state index in [0.717, 1.165) is 18.8 Å². The Kier molecular flexibility index (Phi) is 7.49. The smallest absolute Gasteiger partial charge is 0.251 e. The molecule has 2 aromatic carbocycles. The van der Waals surface area contributed by atoms with Crippen LogP contribution in [-0.2, 0) is 0 Å². The highest BCUT2D eigenvalue weighted by Gasteiger charge is 2.22. The first-order valence-corrected chi connectivity index (χ1v) is 10.5. The van der Waals surface area contributed by atoms with Crippen molar-refractivity contribution in [2.24, 2.45) is 0 Å². The van der Waals surface area contributed by atoms with Crippen molar-refractivity contribution < 1.29 is 9.53 Å². The van der Waals surface area contributed by atoms with Gasteiger partial charge in [-0.1, -0.05) is 48.7 Å². The summed E-state index contributed by atoms with van der Waals surface area (Å²) < 4.78 is 5.52. The number of nitrogens with one attached hydrogen (secondary N) is 1. The number of nitrogens with zero attached hydrogens (tertiary/aromatic N) is 1. The van der Waals surface area contributed by atoms with Gasteiger partial charge in [0.2, 0.25) is 0 Å². The number of rotatable bonds is 7. The molecule has 0 radical (unpaired) electrons. The largest absolute Gasteiger partial charge is 0.494 e. The molecule has 2 aromatic rings. The van der Waals surface area contributed by atoms with Crippen LogP contribution in [0.25, 0.3) is 0 Å². The van der Waals surface area contributed by atoms with Crippen LogP contribution in [0, 0.1) is 6.92 Å². The van der Waals surface area contributed by atoms with Crippen molar-refractivity contribution in [3.05, 3.63) is 65.2 Å². The fourth-order valence-electron chi connectivity index (χ4n) is 3.84. The number of hydrogen-bond donors (Lipinski definition) is 1. The average molecular weight is 381 g/mol. The summed E-state index contributed by atoms with van der Waals surface area (Å²) in [5.41, 5.74) is 3.18. The number of ether oxygens (including phenoxy) is 1. The quantitative estimate of drug-likeness (QED) is 0.754. The summed E-state index contributed by atoms with van der Waals surface area (Å²) >= 11 is 0. The van der Waals surface area contributed by atoms with Crippen LogP contribution in [0.1, 0.15) is 60.1 Å². The van der Waals surface area contributed by atoms with E-state index < -0.39 is 0 Å². The van der Waals surface area contributed by atoms with Crippen molar-refractivity contribution in [3.8, 4) is 5.75 Å². The van der Waals surface area contributed by atoms with Gasteiger partial charge in [0.25, 0.3) is 5.91 Å². The van der Waals surface area contributed by atoms with Crippen molar-refractivity contribution in [2.45, 2.75) is 45.6 Å². The highest BCUT2D eigenvalue weighted by Crippen LogP contribution is 2.24. The lowest BCUT2D eigenvalue weighted by Crippen LogP contribution is -2.38. The number of carbonyl (C=O) groups excluding carboxylic acids is 1. The predicted octanol–water partition coefficient (Wildman–Crippen LogP) is 4.74. The molecule has 1 unspecified atom stereocenters. The van der Waals surface area contributed by atoms with Crippen molar-refractivity contribution >= 4 is 5.91 Å². The maximum atomic E-state index is 12.8. The number of amides is 1. The third kappa shape index (κ3) is 5.59. The zero-order chi connectivity index (χ0) is 19.8. The molecule has 4 nitrogen and oxygen atoms in total. The monoisotopic (exact) mass is 380 g/mol. The maximum Gasteiger partial charge on any atom is 0.251 e. The third-order valence-corrected chi connectivity index (χ3v) is 5.41. The molecule has 1 saturated heterocycles. The normalized spacial score (nSPS) is 16.2. The molecular weight excluding hydrogens is 348 g/mol. The number of carbonyl (C=O) groups is 1. The molecule has 0 aromatic heterocycles. The second kappa shape index (κ2) is 10.3. The Hall–Kier alpha value is -2.33. The van der Waals surface area contributed by atoms with Gasteiger partial charge in [-0.25, -0.2) is 0 Å².